The highest BCUT2D eigenvalue weighted by Gasteiger charge is 2.25. The predicted molar refractivity (Wildman–Crippen MR) is 58.2 cm³/mol. The number of ether oxygens (including phenoxy) is 1. The molecule has 2 rings (SSSR count). The van der Waals surface area contributed by atoms with Gasteiger partial charge in [-0.1, -0.05) is 0 Å². The van der Waals surface area contributed by atoms with E-state index < -0.39 is 18.0 Å². The molecule has 5 nitrogen and oxygen atoms in total. The number of aromatic carboxylic acids is 1. The minimum atomic E-state index is -1.17. The van der Waals surface area contributed by atoms with Crippen LogP contribution in [0.5, 0.6) is 0 Å². The summed E-state index contributed by atoms with van der Waals surface area (Å²) in [4.78, 5) is 22.5. The number of carbonyl (C=O) groups excluding carboxylic acids is 1. The molecule has 1 aliphatic rings. The summed E-state index contributed by atoms with van der Waals surface area (Å²) in [6.07, 6.45) is 0.371. The zero-order chi connectivity index (χ0) is 12.6. The lowest BCUT2D eigenvalue weighted by Gasteiger charge is -2.07. The zero-order valence-electron chi connectivity index (χ0n) is 9.27. The number of hydrogen-bond donors (Lipinski definition) is 2. The largest absolute Gasteiger partial charge is 0.478 e. The molecule has 0 radical (unpaired) electrons. The van der Waals surface area contributed by atoms with Gasteiger partial charge in [-0.05, 0) is 36.1 Å². The van der Waals surface area contributed by atoms with Gasteiger partial charge in [0, 0.05) is 0 Å². The first kappa shape index (κ1) is 11.6. The van der Waals surface area contributed by atoms with Crippen LogP contribution in [0.1, 0.15) is 31.8 Å². The van der Waals surface area contributed by atoms with E-state index in [1.807, 2.05) is 0 Å². The molecule has 1 atom stereocenters. The van der Waals surface area contributed by atoms with Gasteiger partial charge in [0.1, 0.15) is 0 Å². The fourth-order valence-electron chi connectivity index (χ4n) is 2.11. The van der Waals surface area contributed by atoms with E-state index in [2.05, 4.69) is 4.74 Å². The number of carbonyl (C=O) groups is 2. The predicted octanol–water partition coefficient (Wildman–Crippen LogP) is 0.631. The molecular weight excluding hydrogens is 224 g/mol. The van der Waals surface area contributed by atoms with Gasteiger partial charge in [-0.2, -0.15) is 0 Å². The summed E-state index contributed by atoms with van der Waals surface area (Å²) in [5, 5.41) is 18.5. The summed E-state index contributed by atoms with van der Waals surface area (Å²) in [7, 11) is 1.20. The minimum absolute atomic E-state index is 0.0350. The van der Waals surface area contributed by atoms with Crippen LogP contribution in [0.15, 0.2) is 12.1 Å². The molecule has 0 saturated carbocycles. The Morgan fingerprint density at radius 1 is 1.24 bits per heavy atom. The maximum Gasteiger partial charge on any atom is 0.338 e. The van der Waals surface area contributed by atoms with Crippen LogP contribution in [0.2, 0.25) is 0 Å². The van der Waals surface area contributed by atoms with Crippen molar-refractivity contribution in [3.63, 3.8) is 0 Å². The molecule has 0 bridgehead atoms. The van der Waals surface area contributed by atoms with Crippen molar-refractivity contribution in [1.82, 2.24) is 0 Å². The number of methoxy groups -OCH3 is 1. The second-order valence-corrected chi connectivity index (χ2v) is 4.03. The molecule has 1 unspecified atom stereocenters. The Labute approximate surface area is 97.6 Å². The van der Waals surface area contributed by atoms with Gasteiger partial charge >= 0.3 is 11.9 Å². The van der Waals surface area contributed by atoms with Crippen molar-refractivity contribution in [3.8, 4) is 0 Å². The summed E-state index contributed by atoms with van der Waals surface area (Å²) in [5.41, 5.74) is 1.54. The topological polar surface area (TPSA) is 83.8 Å². The zero-order valence-corrected chi connectivity index (χ0v) is 9.27. The molecule has 0 spiro atoms. The SMILES string of the molecule is COC(=O)c1cc2c(cc1C(=O)O)CC(O)C2. The fraction of sp³-hybridized carbons (Fsp3) is 0.333. The van der Waals surface area contributed by atoms with Gasteiger partial charge in [-0.3, -0.25) is 0 Å². The molecule has 90 valence electrons. The van der Waals surface area contributed by atoms with Crippen molar-refractivity contribution in [2.75, 3.05) is 7.11 Å². The van der Waals surface area contributed by atoms with Crippen LogP contribution < -0.4 is 0 Å². The van der Waals surface area contributed by atoms with Crippen LogP contribution in [0, 0.1) is 0 Å². The molecule has 1 aromatic rings. The molecule has 0 aliphatic heterocycles. The van der Waals surface area contributed by atoms with Crippen molar-refractivity contribution in [1.29, 1.82) is 0 Å². The van der Waals surface area contributed by atoms with Gasteiger partial charge in [0.15, 0.2) is 0 Å². The molecule has 0 saturated heterocycles. The highest BCUT2D eigenvalue weighted by molar-refractivity contribution is 6.02. The van der Waals surface area contributed by atoms with Crippen molar-refractivity contribution >= 4 is 11.9 Å². The number of carboxylic acids is 1. The Balaban J connectivity index is 2.55. The molecule has 17 heavy (non-hydrogen) atoms. The van der Waals surface area contributed by atoms with E-state index in [4.69, 9.17) is 5.11 Å². The quantitative estimate of drug-likeness (QED) is 0.736. The number of rotatable bonds is 2. The molecule has 5 heteroatoms. The Morgan fingerprint density at radius 3 is 2.24 bits per heavy atom. The molecular formula is C12H12O5. The van der Waals surface area contributed by atoms with E-state index >= 15 is 0 Å². The van der Waals surface area contributed by atoms with Crippen molar-refractivity contribution < 1.29 is 24.5 Å². The van der Waals surface area contributed by atoms with E-state index in [0.29, 0.717) is 12.8 Å². The first-order chi connectivity index (χ1) is 8.02. The Bertz CT molecular complexity index is 492. The van der Waals surface area contributed by atoms with Gasteiger partial charge in [0.2, 0.25) is 0 Å². The number of carboxylic acid groups (broad SMARTS) is 1. The monoisotopic (exact) mass is 236 g/mol. The van der Waals surface area contributed by atoms with Gasteiger partial charge in [-0.15, -0.1) is 0 Å². The summed E-state index contributed by atoms with van der Waals surface area (Å²) in [6, 6.07) is 2.95. The number of aliphatic hydroxyl groups excluding tert-OH is 1. The lowest BCUT2D eigenvalue weighted by molar-refractivity contribution is 0.0582. The van der Waals surface area contributed by atoms with E-state index in [9.17, 15) is 14.7 Å². The van der Waals surface area contributed by atoms with Crippen LogP contribution in [-0.2, 0) is 17.6 Å². The minimum Gasteiger partial charge on any atom is -0.478 e. The standard InChI is InChI=1S/C12H12O5/c1-17-12(16)10-5-7-3-8(13)2-6(7)4-9(10)11(14)15/h4-5,8,13H,2-3H2,1H3,(H,14,15). The van der Waals surface area contributed by atoms with Crippen molar-refractivity contribution in [3.05, 3.63) is 34.4 Å². The number of benzene rings is 1. The van der Waals surface area contributed by atoms with Crippen LogP contribution >= 0.6 is 0 Å². The number of esters is 1. The highest BCUT2D eigenvalue weighted by Crippen LogP contribution is 2.26. The molecule has 0 fully saturated rings. The van der Waals surface area contributed by atoms with Crippen molar-refractivity contribution in [2.45, 2.75) is 18.9 Å². The fourth-order valence-corrected chi connectivity index (χ4v) is 2.11. The van der Waals surface area contributed by atoms with Gasteiger partial charge in [0.25, 0.3) is 0 Å². The van der Waals surface area contributed by atoms with Crippen LogP contribution in [-0.4, -0.2) is 35.4 Å². The van der Waals surface area contributed by atoms with Crippen LogP contribution in [0.4, 0.5) is 0 Å². The average Bonchev–Trinajstić information content (AvgIpc) is 2.65. The molecule has 0 aromatic heterocycles. The van der Waals surface area contributed by atoms with Crippen LogP contribution in [0.3, 0.4) is 0 Å². The second kappa shape index (κ2) is 4.18. The first-order valence-electron chi connectivity index (χ1n) is 5.18. The lowest BCUT2D eigenvalue weighted by atomic mass is 10.00. The smallest absolute Gasteiger partial charge is 0.338 e. The van der Waals surface area contributed by atoms with Crippen LogP contribution in [0.25, 0.3) is 0 Å². The highest BCUT2D eigenvalue weighted by atomic mass is 16.5. The first-order valence-corrected chi connectivity index (χ1v) is 5.18. The molecule has 0 amide bonds. The summed E-state index contributed by atoms with van der Waals surface area (Å²) in [6.45, 7) is 0. The van der Waals surface area contributed by atoms with E-state index in [0.717, 1.165) is 11.1 Å². The number of hydrogen-bond acceptors (Lipinski definition) is 4. The maximum absolute atomic E-state index is 11.5. The third-order valence-corrected chi connectivity index (χ3v) is 2.89. The third kappa shape index (κ3) is 2.01. The van der Waals surface area contributed by atoms with Gasteiger partial charge in [0.05, 0.1) is 24.3 Å². The van der Waals surface area contributed by atoms with Crippen molar-refractivity contribution in [2.24, 2.45) is 0 Å². The van der Waals surface area contributed by atoms with Gasteiger partial charge < -0.3 is 14.9 Å². The Hall–Kier alpha value is -1.88. The van der Waals surface area contributed by atoms with Gasteiger partial charge in [-0.25, -0.2) is 9.59 Å². The second-order valence-electron chi connectivity index (χ2n) is 4.03. The molecule has 1 aliphatic carbocycles. The van der Waals surface area contributed by atoms with E-state index in [1.54, 1.807) is 0 Å². The normalized spacial score (nSPS) is 17.6. The molecule has 1 aromatic carbocycles. The third-order valence-electron chi connectivity index (χ3n) is 2.89. The average molecular weight is 236 g/mol. The maximum atomic E-state index is 11.5. The Kier molecular flexibility index (Phi) is 2.85. The van der Waals surface area contributed by atoms with E-state index in [1.165, 1.54) is 19.2 Å². The summed E-state index contributed by atoms with van der Waals surface area (Å²) in [5.74, 6) is -1.85. The molecule has 2 N–H and O–H groups in total. The Morgan fingerprint density at radius 2 is 1.76 bits per heavy atom. The lowest BCUT2D eigenvalue weighted by Crippen LogP contribution is -2.11. The number of fused-ring (bicyclic) bond motifs is 1. The van der Waals surface area contributed by atoms with E-state index in [-0.39, 0.29) is 11.1 Å². The molecule has 0 heterocycles. The number of aliphatic hydroxyl groups is 1. The summed E-state index contributed by atoms with van der Waals surface area (Å²) >= 11 is 0. The summed E-state index contributed by atoms with van der Waals surface area (Å²) < 4.78 is 4.55.